The number of alkyl halides is 2. The minimum atomic E-state index is -3.22. The molecule has 0 aliphatic carbocycles. The van der Waals surface area contributed by atoms with E-state index in [1.807, 2.05) is 0 Å². The zero-order chi connectivity index (χ0) is 16.6. The Bertz CT molecular complexity index is 755. The molecule has 1 aliphatic rings. The van der Waals surface area contributed by atoms with E-state index in [-0.39, 0.29) is 12.2 Å². The Hall–Kier alpha value is -2.84. The van der Waals surface area contributed by atoms with Crippen molar-refractivity contribution in [3.05, 3.63) is 42.7 Å². The van der Waals surface area contributed by atoms with Gasteiger partial charge in [-0.2, -0.15) is 9.73 Å². The van der Waals surface area contributed by atoms with Crippen LogP contribution < -0.4 is 5.32 Å². The molecule has 1 atom stereocenters. The van der Waals surface area contributed by atoms with Gasteiger partial charge in [-0.3, -0.25) is 9.59 Å². The predicted molar refractivity (Wildman–Crippen MR) is 76.0 cm³/mol. The first kappa shape index (κ1) is 15.1. The van der Waals surface area contributed by atoms with Crippen LogP contribution in [-0.2, 0) is 4.79 Å². The lowest BCUT2D eigenvalue weighted by atomic mass is 10.2. The summed E-state index contributed by atoms with van der Waals surface area (Å²) in [7, 11) is 0. The number of fused-ring (bicyclic) bond motifs is 1. The maximum atomic E-state index is 14.0. The fourth-order valence-corrected chi connectivity index (χ4v) is 2.41. The van der Waals surface area contributed by atoms with Crippen molar-refractivity contribution in [2.24, 2.45) is 0 Å². The van der Waals surface area contributed by atoms with Crippen molar-refractivity contribution in [3.63, 3.8) is 0 Å². The molecule has 0 aromatic carbocycles. The molecule has 0 saturated carbocycles. The first-order valence-corrected chi connectivity index (χ1v) is 6.82. The summed E-state index contributed by atoms with van der Waals surface area (Å²) in [5.74, 6) is -4.56. The van der Waals surface area contributed by atoms with Gasteiger partial charge in [-0.05, 0) is 24.3 Å². The number of nitrogens with one attached hydrogen (secondary N) is 1. The van der Waals surface area contributed by atoms with Gasteiger partial charge in [-0.1, -0.05) is 6.58 Å². The second-order valence-corrected chi connectivity index (χ2v) is 5.18. The summed E-state index contributed by atoms with van der Waals surface area (Å²) in [5, 5.41) is 10.1. The molecule has 3 heterocycles. The molecule has 7 nitrogen and oxygen atoms in total. The first-order valence-electron chi connectivity index (χ1n) is 6.82. The molecule has 2 aromatic heterocycles. The molecule has 1 N–H and O–H groups in total. The van der Waals surface area contributed by atoms with Gasteiger partial charge in [0.15, 0.2) is 5.69 Å². The minimum absolute atomic E-state index is 0.0204. The van der Waals surface area contributed by atoms with Gasteiger partial charge in [0.1, 0.15) is 6.04 Å². The summed E-state index contributed by atoms with van der Waals surface area (Å²) in [6.07, 6.45) is 2.46. The monoisotopic (exact) mass is 321 g/mol. The standard InChI is InChI=1S/C14H13F2N5O2/c1-2-12(22)20-7-11(14(15,16)8-20)18-13(23)10-6-9-4-3-5-17-21(9)19-10/h2-6,11H,1,7-8H2,(H,18,23). The Balaban J connectivity index is 1.76. The second-order valence-electron chi connectivity index (χ2n) is 5.18. The predicted octanol–water partition coefficient (Wildman–Crippen LogP) is 0.491. The van der Waals surface area contributed by atoms with Crippen molar-refractivity contribution < 1.29 is 18.4 Å². The maximum absolute atomic E-state index is 14.0. The maximum Gasteiger partial charge on any atom is 0.286 e. The van der Waals surface area contributed by atoms with E-state index in [1.165, 1.54) is 16.9 Å². The van der Waals surface area contributed by atoms with Crippen molar-refractivity contribution in [1.82, 2.24) is 25.0 Å². The van der Waals surface area contributed by atoms with E-state index >= 15 is 0 Å². The van der Waals surface area contributed by atoms with Gasteiger partial charge in [0.05, 0.1) is 12.1 Å². The third kappa shape index (κ3) is 2.77. The Kier molecular flexibility index (Phi) is 3.55. The van der Waals surface area contributed by atoms with Crippen LogP contribution in [0.2, 0.25) is 0 Å². The summed E-state index contributed by atoms with van der Waals surface area (Å²) >= 11 is 0. The summed E-state index contributed by atoms with van der Waals surface area (Å²) in [6, 6.07) is 3.33. The van der Waals surface area contributed by atoms with Crippen LogP contribution in [0.5, 0.6) is 0 Å². The van der Waals surface area contributed by atoms with Crippen molar-refractivity contribution in [2.75, 3.05) is 13.1 Å². The molecule has 1 saturated heterocycles. The second kappa shape index (κ2) is 5.41. The van der Waals surface area contributed by atoms with Crippen molar-refractivity contribution >= 4 is 17.3 Å². The van der Waals surface area contributed by atoms with Crippen LogP contribution in [0.4, 0.5) is 8.78 Å². The molecule has 0 spiro atoms. The minimum Gasteiger partial charge on any atom is -0.340 e. The lowest BCUT2D eigenvalue weighted by Gasteiger charge is -2.17. The molecular formula is C14H13F2N5O2. The van der Waals surface area contributed by atoms with Crippen molar-refractivity contribution in [3.8, 4) is 0 Å². The molecule has 23 heavy (non-hydrogen) atoms. The van der Waals surface area contributed by atoms with Crippen LogP contribution in [0.25, 0.3) is 5.52 Å². The number of hydrogen-bond acceptors (Lipinski definition) is 4. The third-order valence-corrected chi connectivity index (χ3v) is 3.59. The Morgan fingerprint density at radius 2 is 2.26 bits per heavy atom. The Morgan fingerprint density at radius 1 is 1.48 bits per heavy atom. The van der Waals surface area contributed by atoms with E-state index in [4.69, 9.17) is 0 Å². The first-order chi connectivity index (χ1) is 10.9. The fraction of sp³-hybridized carbons (Fsp3) is 0.286. The highest BCUT2D eigenvalue weighted by atomic mass is 19.3. The summed E-state index contributed by atoms with van der Waals surface area (Å²) in [4.78, 5) is 24.5. The lowest BCUT2D eigenvalue weighted by molar-refractivity contribution is -0.126. The fourth-order valence-electron chi connectivity index (χ4n) is 2.41. The topological polar surface area (TPSA) is 79.6 Å². The Labute approximate surface area is 129 Å². The van der Waals surface area contributed by atoms with Gasteiger partial charge in [-0.15, -0.1) is 5.10 Å². The number of aromatic nitrogens is 3. The average molecular weight is 321 g/mol. The highest BCUT2D eigenvalue weighted by Gasteiger charge is 2.50. The van der Waals surface area contributed by atoms with Crippen LogP contribution in [0.3, 0.4) is 0 Å². The van der Waals surface area contributed by atoms with Gasteiger partial charge < -0.3 is 10.2 Å². The Morgan fingerprint density at radius 3 is 2.96 bits per heavy atom. The van der Waals surface area contributed by atoms with Gasteiger partial charge in [0, 0.05) is 12.7 Å². The van der Waals surface area contributed by atoms with Crippen molar-refractivity contribution in [2.45, 2.75) is 12.0 Å². The number of rotatable bonds is 3. The van der Waals surface area contributed by atoms with Gasteiger partial charge in [-0.25, -0.2) is 8.78 Å². The van der Waals surface area contributed by atoms with Crippen LogP contribution in [-0.4, -0.2) is 56.6 Å². The number of nitrogens with zero attached hydrogens (tertiary/aromatic N) is 4. The smallest absolute Gasteiger partial charge is 0.286 e. The normalized spacial score (nSPS) is 19.7. The van der Waals surface area contributed by atoms with E-state index in [1.54, 1.807) is 12.1 Å². The number of amides is 2. The molecule has 9 heteroatoms. The summed E-state index contributed by atoms with van der Waals surface area (Å²) in [5.41, 5.74) is 0.548. The highest BCUT2D eigenvalue weighted by molar-refractivity contribution is 5.94. The summed E-state index contributed by atoms with van der Waals surface area (Å²) < 4.78 is 29.1. The number of carbonyl (C=O) groups excluding carboxylic acids is 2. The quantitative estimate of drug-likeness (QED) is 0.835. The average Bonchev–Trinajstić information content (AvgIpc) is 3.07. The van der Waals surface area contributed by atoms with Gasteiger partial charge in [0.25, 0.3) is 11.8 Å². The SMILES string of the molecule is C=CC(=O)N1CC(NC(=O)c2cc3cccnn3n2)C(F)(F)C1. The van der Waals surface area contributed by atoms with Gasteiger partial charge in [0.2, 0.25) is 5.91 Å². The molecule has 0 bridgehead atoms. The lowest BCUT2D eigenvalue weighted by Crippen LogP contribution is -2.46. The van der Waals surface area contributed by atoms with Crippen molar-refractivity contribution in [1.29, 1.82) is 0 Å². The molecule has 1 aliphatic heterocycles. The largest absolute Gasteiger partial charge is 0.340 e. The van der Waals surface area contributed by atoms with E-state index in [0.717, 1.165) is 11.0 Å². The third-order valence-electron chi connectivity index (χ3n) is 3.59. The molecule has 1 fully saturated rings. The van der Waals surface area contributed by atoms with Crippen LogP contribution in [0.1, 0.15) is 10.5 Å². The van der Waals surface area contributed by atoms with Crippen LogP contribution in [0, 0.1) is 0 Å². The van der Waals surface area contributed by atoms with E-state index in [0.29, 0.717) is 5.52 Å². The van der Waals surface area contributed by atoms with Crippen LogP contribution >= 0.6 is 0 Å². The van der Waals surface area contributed by atoms with Crippen LogP contribution in [0.15, 0.2) is 37.1 Å². The molecule has 2 aromatic rings. The van der Waals surface area contributed by atoms with E-state index < -0.39 is 30.3 Å². The molecule has 0 radical (unpaired) electrons. The summed E-state index contributed by atoms with van der Waals surface area (Å²) in [6.45, 7) is 2.23. The van der Waals surface area contributed by atoms with E-state index in [9.17, 15) is 18.4 Å². The molecule has 120 valence electrons. The molecule has 1 unspecified atom stereocenters. The highest BCUT2D eigenvalue weighted by Crippen LogP contribution is 2.28. The molecule has 3 rings (SSSR count). The number of carbonyl (C=O) groups is 2. The number of likely N-dealkylation sites (tertiary alicyclic amines) is 1. The molecular weight excluding hydrogens is 308 g/mol. The number of halogens is 2. The van der Waals surface area contributed by atoms with Gasteiger partial charge >= 0.3 is 0 Å². The number of hydrogen-bond donors (Lipinski definition) is 1. The zero-order valence-corrected chi connectivity index (χ0v) is 11.9. The molecule has 2 amide bonds. The zero-order valence-electron chi connectivity index (χ0n) is 11.9. The van der Waals surface area contributed by atoms with E-state index in [2.05, 4.69) is 22.1 Å².